The number of aromatic hydroxyl groups is 1. The van der Waals surface area contributed by atoms with Crippen LogP contribution in [0.15, 0.2) is 65.8 Å². The summed E-state index contributed by atoms with van der Waals surface area (Å²) in [7, 11) is 1.40. The van der Waals surface area contributed by atoms with Crippen LogP contribution in [-0.4, -0.2) is 34.1 Å². The molecular weight excluding hydrogens is 544 g/mol. The van der Waals surface area contributed by atoms with Gasteiger partial charge in [0.2, 0.25) is 0 Å². The number of nitrogens with one attached hydrogen (secondary N) is 1. The van der Waals surface area contributed by atoms with Gasteiger partial charge in [0.15, 0.2) is 17.2 Å². The minimum absolute atomic E-state index is 0.0219. The molecule has 0 atom stereocenters. The SMILES string of the molecule is COc1cc(/C=N/NC(=O)c2nn(-c3ccc(Cl)cc3Cl)c(-c3ccc(C(F)(F)F)cc3)c2C)ccc1O. The minimum atomic E-state index is -4.50. The largest absolute Gasteiger partial charge is 0.504 e. The molecule has 0 saturated heterocycles. The maximum Gasteiger partial charge on any atom is 0.416 e. The zero-order valence-electron chi connectivity index (χ0n) is 19.8. The molecule has 0 aliphatic rings. The van der Waals surface area contributed by atoms with E-state index in [-0.39, 0.29) is 22.2 Å². The maximum atomic E-state index is 13.1. The van der Waals surface area contributed by atoms with Gasteiger partial charge in [-0.3, -0.25) is 4.79 Å². The first-order valence-corrected chi connectivity index (χ1v) is 11.7. The average Bonchev–Trinajstić information content (AvgIpc) is 3.21. The highest BCUT2D eigenvalue weighted by Gasteiger charge is 2.30. The van der Waals surface area contributed by atoms with Gasteiger partial charge in [0, 0.05) is 16.1 Å². The van der Waals surface area contributed by atoms with Gasteiger partial charge < -0.3 is 9.84 Å². The van der Waals surface area contributed by atoms with Crippen molar-refractivity contribution in [2.45, 2.75) is 13.1 Å². The van der Waals surface area contributed by atoms with Crippen LogP contribution in [0, 0.1) is 6.92 Å². The second-order valence-corrected chi connectivity index (χ2v) is 8.88. The zero-order valence-corrected chi connectivity index (χ0v) is 21.4. The van der Waals surface area contributed by atoms with E-state index < -0.39 is 17.6 Å². The second-order valence-electron chi connectivity index (χ2n) is 8.04. The predicted molar refractivity (Wildman–Crippen MR) is 138 cm³/mol. The van der Waals surface area contributed by atoms with Gasteiger partial charge in [-0.2, -0.15) is 23.4 Å². The number of benzene rings is 3. The number of phenolic OH excluding ortho intramolecular Hbond substituents is 1. The van der Waals surface area contributed by atoms with Crippen LogP contribution >= 0.6 is 23.2 Å². The molecular formula is C26H19Cl2F3N4O3. The number of carbonyl (C=O) groups is 1. The molecule has 0 saturated carbocycles. The maximum absolute atomic E-state index is 13.1. The highest BCUT2D eigenvalue weighted by Crippen LogP contribution is 2.35. The minimum Gasteiger partial charge on any atom is -0.504 e. The number of carbonyl (C=O) groups excluding carboxylic acids is 1. The number of nitrogens with zero attached hydrogens (tertiary/aromatic N) is 3. The number of methoxy groups -OCH3 is 1. The van der Waals surface area contributed by atoms with E-state index >= 15 is 0 Å². The molecule has 0 unspecified atom stereocenters. The summed E-state index contributed by atoms with van der Waals surface area (Å²) in [5, 5.41) is 18.7. The first-order valence-electron chi connectivity index (χ1n) is 10.9. The fraction of sp³-hybridized carbons (Fsp3) is 0.115. The van der Waals surface area contributed by atoms with Crippen molar-refractivity contribution >= 4 is 35.3 Å². The molecule has 2 N–H and O–H groups in total. The van der Waals surface area contributed by atoms with Gasteiger partial charge in [-0.15, -0.1) is 0 Å². The molecule has 0 radical (unpaired) electrons. The number of aromatic nitrogens is 2. The van der Waals surface area contributed by atoms with Gasteiger partial charge in [-0.1, -0.05) is 35.3 Å². The van der Waals surface area contributed by atoms with Gasteiger partial charge in [-0.05, 0) is 61.0 Å². The lowest BCUT2D eigenvalue weighted by Gasteiger charge is -2.12. The van der Waals surface area contributed by atoms with Crippen molar-refractivity contribution < 1.29 is 27.8 Å². The van der Waals surface area contributed by atoms with Crippen molar-refractivity contribution in [3.63, 3.8) is 0 Å². The summed E-state index contributed by atoms with van der Waals surface area (Å²) in [6, 6.07) is 13.7. The van der Waals surface area contributed by atoms with Crippen molar-refractivity contribution in [1.29, 1.82) is 0 Å². The lowest BCUT2D eigenvalue weighted by atomic mass is 10.0. The molecule has 38 heavy (non-hydrogen) atoms. The lowest BCUT2D eigenvalue weighted by Crippen LogP contribution is -2.19. The third kappa shape index (κ3) is 5.61. The summed E-state index contributed by atoms with van der Waals surface area (Å²) >= 11 is 12.4. The quantitative estimate of drug-likeness (QED) is 0.203. The number of alkyl halides is 3. The summed E-state index contributed by atoms with van der Waals surface area (Å²) in [5.74, 6) is -0.483. The molecule has 1 heterocycles. The fourth-order valence-electron chi connectivity index (χ4n) is 3.69. The van der Waals surface area contributed by atoms with Gasteiger partial charge in [-0.25, -0.2) is 10.1 Å². The van der Waals surface area contributed by atoms with Gasteiger partial charge in [0.1, 0.15) is 0 Å². The van der Waals surface area contributed by atoms with Crippen LogP contribution in [0.2, 0.25) is 10.0 Å². The fourth-order valence-corrected chi connectivity index (χ4v) is 4.18. The van der Waals surface area contributed by atoms with E-state index in [0.29, 0.717) is 33.1 Å². The van der Waals surface area contributed by atoms with Crippen molar-refractivity contribution in [1.82, 2.24) is 15.2 Å². The van der Waals surface area contributed by atoms with Crippen molar-refractivity contribution in [3.05, 3.63) is 93.1 Å². The summed E-state index contributed by atoms with van der Waals surface area (Å²) < 4.78 is 45.8. The normalized spacial score (nSPS) is 11.7. The lowest BCUT2D eigenvalue weighted by molar-refractivity contribution is -0.137. The molecule has 4 aromatic rings. The monoisotopic (exact) mass is 562 g/mol. The second kappa shape index (κ2) is 10.8. The van der Waals surface area contributed by atoms with Crippen LogP contribution in [0.3, 0.4) is 0 Å². The van der Waals surface area contributed by atoms with Crippen LogP contribution in [0.1, 0.15) is 27.2 Å². The predicted octanol–water partition coefficient (Wildman–Crippen LogP) is 6.65. The number of hydrogen-bond donors (Lipinski definition) is 2. The number of hydrazone groups is 1. The molecule has 1 amide bonds. The van der Waals surface area contributed by atoms with Crippen molar-refractivity contribution in [2.24, 2.45) is 5.10 Å². The molecule has 7 nitrogen and oxygen atoms in total. The molecule has 0 aliphatic carbocycles. The standard InChI is InChI=1S/C26H19Cl2F3N4O3/c1-14-23(25(37)33-32-13-15-3-10-21(36)22(11-15)38-2)34-35(20-9-8-18(27)12-19(20)28)24(14)16-4-6-17(7-5-16)26(29,30)31/h3-13,36H,1-2H3,(H,33,37)/b32-13+. The van der Waals surface area contributed by atoms with Gasteiger partial charge >= 0.3 is 6.18 Å². The number of hydrogen-bond acceptors (Lipinski definition) is 5. The van der Waals surface area contributed by atoms with E-state index in [1.165, 1.54) is 48.3 Å². The Bertz CT molecular complexity index is 1530. The molecule has 0 bridgehead atoms. The Morgan fingerprint density at radius 2 is 1.82 bits per heavy atom. The Balaban J connectivity index is 1.73. The van der Waals surface area contributed by atoms with Crippen molar-refractivity contribution in [3.8, 4) is 28.4 Å². The number of amides is 1. The Hall–Kier alpha value is -4.02. The first-order chi connectivity index (χ1) is 18.0. The zero-order chi connectivity index (χ0) is 27.6. The topological polar surface area (TPSA) is 88.7 Å². The van der Waals surface area contributed by atoms with E-state index in [2.05, 4.69) is 15.6 Å². The van der Waals surface area contributed by atoms with E-state index in [0.717, 1.165) is 12.1 Å². The Morgan fingerprint density at radius 1 is 1.11 bits per heavy atom. The molecule has 3 aromatic carbocycles. The number of rotatable bonds is 6. The van der Waals surface area contributed by atoms with E-state index in [1.807, 2.05) is 0 Å². The highest BCUT2D eigenvalue weighted by atomic mass is 35.5. The van der Waals surface area contributed by atoms with Crippen LogP contribution in [-0.2, 0) is 6.18 Å². The molecule has 12 heteroatoms. The Morgan fingerprint density at radius 3 is 2.45 bits per heavy atom. The molecule has 0 fully saturated rings. The third-order valence-electron chi connectivity index (χ3n) is 5.54. The molecule has 1 aromatic heterocycles. The van der Waals surface area contributed by atoms with Crippen LogP contribution in [0.4, 0.5) is 13.2 Å². The van der Waals surface area contributed by atoms with E-state index in [4.69, 9.17) is 27.9 Å². The van der Waals surface area contributed by atoms with Crippen molar-refractivity contribution in [2.75, 3.05) is 7.11 Å². The molecule has 0 spiro atoms. The Kier molecular flexibility index (Phi) is 7.66. The third-order valence-corrected chi connectivity index (χ3v) is 6.08. The first kappa shape index (κ1) is 27.0. The van der Waals surface area contributed by atoms with Crippen LogP contribution in [0.5, 0.6) is 11.5 Å². The van der Waals surface area contributed by atoms with E-state index in [1.54, 1.807) is 25.1 Å². The summed E-state index contributed by atoms with van der Waals surface area (Å²) in [5.41, 5.74) is 3.59. The van der Waals surface area contributed by atoms with Crippen LogP contribution < -0.4 is 10.2 Å². The summed E-state index contributed by atoms with van der Waals surface area (Å²) in [4.78, 5) is 13.0. The summed E-state index contributed by atoms with van der Waals surface area (Å²) in [6.45, 7) is 1.61. The number of ether oxygens (including phenoxy) is 1. The molecule has 196 valence electrons. The van der Waals surface area contributed by atoms with Crippen LogP contribution in [0.25, 0.3) is 16.9 Å². The summed E-state index contributed by atoms with van der Waals surface area (Å²) in [6.07, 6.45) is -3.16. The van der Waals surface area contributed by atoms with Gasteiger partial charge in [0.05, 0.1) is 35.3 Å². The highest BCUT2D eigenvalue weighted by molar-refractivity contribution is 6.35. The molecule has 4 rings (SSSR count). The molecule has 0 aliphatic heterocycles. The number of halogens is 5. The smallest absolute Gasteiger partial charge is 0.416 e. The number of phenols is 1. The van der Waals surface area contributed by atoms with E-state index in [9.17, 15) is 23.1 Å². The Labute approximate surface area is 225 Å². The average molecular weight is 563 g/mol. The van der Waals surface area contributed by atoms with Gasteiger partial charge in [0.25, 0.3) is 5.91 Å².